The zero-order chi connectivity index (χ0) is 21.3. The number of rotatable bonds is 8. The van der Waals surface area contributed by atoms with Crippen molar-refractivity contribution in [1.82, 2.24) is 15.6 Å². The van der Waals surface area contributed by atoms with Crippen LogP contribution in [-0.2, 0) is 26.0 Å². The molecule has 1 aliphatic rings. The second-order valence-electron chi connectivity index (χ2n) is 7.40. The molecule has 4 rings (SSSR count). The third-order valence-electron chi connectivity index (χ3n) is 5.15. The van der Waals surface area contributed by atoms with Crippen molar-refractivity contribution >= 4 is 5.96 Å². The van der Waals surface area contributed by atoms with Crippen molar-refractivity contribution in [2.45, 2.75) is 26.0 Å². The highest BCUT2D eigenvalue weighted by Crippen LogP contribution is 2.25. The molecule has 0 amide bonds. The molecule has 0 unspecified atom stereocenters. The van der Waals surface area contributed by atoms with Gasteiger partial charge in [0.25, 0.3) is 0 Å². The van der Waals surface area contributed by atoms with Gasteiger partial charge in [-0.15, -0.1) is 0 Å². The van der Waals surface area contributed by atoms with Crippen molar-refractivity contribution in [3.8, 4) is 11.5 Å². The number of hydrogen-bond donors (Lipinski definition) is 2. The minimum Gasteiger partial charge on any atom is -0.493 e. The summed E-state index contributed by atoms with van der Waals surface area (Å²) in [6.07, 6.45) is 3.71. The number of benzene rings is 2. The van der Waals surface area contributed by atoms with Gasteiger partial charge in [-0.3, -0.25) is 9.98 Å². The van der Waals surface area contributed by atoms with E-state index in [0.29, 0.717) is 13.2 Å². The Labute approximate surface area is 183 Å². The maximum absolute atomic E-state index is 5.87. The van der Waals surface area contributed by atoms with E-state index in [4.69, 9.17) is 9.47 Å². The number of aliphatic imine (C=N–C) groups is 1. The van der Waals surface area contributed by atoms with Gasteiger partial charge < -0.3 is 20.1 Å². The number of hydrogen-bond acceptors (Lipinski definition) is 4. The molecule has 3 aromatic rings. The van der Waals surface area contributed by atoms with E-state index in [1.807, 2.05) is 36.4 Å². The van der Waals surface area contributed by atoms with Crippen LogP contribution in [0, 0.1) is 0 Å². The molecule has 6 nitrogen and oxygen atoms in total. The lowest BCUT2D eigenvalue weighted by atomic mass is 10.1. The van der Waals surface area contributed by atoms with Gasteiger partial charge in [-0.2, -0.15) is 0 Å². The molecule has 0 saturated carbocycles. The summed E-state index contributed by atoms with van der Waals surface area (Å²) in [5, 5.41) is 6.75. The highest BCUT2D eigenvalue weighted by atomic mass is 16.5. The fourth-order valence-electron chi connectivity index (χ4n) is 3.51. The molecule has 1 aromatic heterocycles. The van der Waals surface area contributed by atoms with E-state index in [-0.39, 0.29) is 0 Å². The highest BCUT2D eigenvalue weighted by Gasteiger charge is 2.11. The minimum absolute atomic E-state index is 0.454. The number of pyridine rings is 1. The smallest absolute Gasteiger partial charge is 0.191 e. The molecule has 0 bridgehead atoms. The molecule has 2 aromatic carbocycles. The molecular formula is C25H28N4O2. The molecule has 0 saturated heterocycles. The van der Waals surface area contributed by atoms with Crippen molar-refractivity contribution < 1.29 is 9.47 Å². The Morgan fingerprint density at radius 3 is 2.90 bits per heavy atom. The van der Waals surface area contributed by atoms with E-state index >= 15 is 0 Å². The second-order valence-corrected chi connectivity index (χ2v) is 7.40. The Kier molecular flexibility index (Phi) is 7.00. The summed E-state index contributed by atoms with van der Waals surface area (Å²) in [4.78, 5) is 8.61. The topological polar surface area (TPSA) is 67.8 Å². The fourth-order valence-corrected chi connectivity index (χ4v) is 3.51. The fraction of sp³-hybridized carbons (Fsp3) is 0.280. The summed E-state index contributed by atoms with van der Waals surface area (Å²) >= 11 is 0. The number of aromatic nitrogens is 1. The van der Waals surface area contributed by atoms with Crippen molar-refractivity contribution in [2.24, 2.45) is 4.99 Å². The number of nitrogens with one attached hydrogen (secondary N) is 2. The van der Waals surface area contributed by atoms with Gasteiger partial charge in [0.2, 0.25) is 0 Å². The summed E-state index contributed by atoms with van der Waals surface area (Å²) in [7, 11) is 1.79. The van der Waals surface area contributed by atoms with Gasteiger partial charge in [0.1, 0.15) is 18.1 Å². The van der Waals surface area contributed by atoms with Crippen LogP contribution in [0.5, 0.6) is 11.5 Å². The monoisotopic (exact) mass is 416 g/mol. The van der Waals surface area contributed by atoms with Crippen molar-refractivity contribution in [3.05, 3.63) is 89.2 Å². The van der Waals surface area contributed by atoms with Gasteiger partial charge in [0.15, 0.2) is 5.96 Å². The maximum Gasteiger partial charge on any atom is 0.191 e. The third-order valence-corrected chi connectivity index (χ3v) is 5.15. The molecule has 6 heteroatoms. The standard InChI is InChI=1S/C25H28N4O2/c1-26-25(28-13-10-19-8-9-24-21(15-19)11-14-30-24)29-17-20-5-4-7-23(16-20)31-18-22-6-2-3-12-27-22/h2-9,12,15-16H,10-11,13-14,17-18H2,1H3,(H2,26,28,29). The first-order valence-electron chi connectivity index (χ1n) is 10.6. The van der Waals surface area contributed by atoms with Gasteiger partial charge in [0.05, 0.1) is 12.3 Å². The summed E-state index contributed by atoms with van der Waals surface area (Å²) in [6, 6.07) is 20.3. The van der Waals surface area contributed by atoms with Crippen LogP contribution in [0.4, 0.5) is 0 Å². The molecule has 0 radical (unpaired) electrons. The largest absolute Gasteiger partial charge is 0.493 e. The van der Waals surface area contributed by atoms with Gasteiger partial charge >= 0.3 is 0 Å². The second kappa shape index (κ2) is 10.5. The van der Waals surface area contributed by atoms with E-state index in [0.717, 1.165) is 54.7 Å². The van der Waals surface area contributed by atoms with Crippen molar-refractivity contribution in [1.29, 1.82) is 0 Å². The number of ether oxygens (including phenoxy) is 2. The molecule has 160 valence electrons. The van der Waals surface area contributed by atoms with Crippen LogP contribution in [0.15, 0.2) is 71.9 Å². The van der Waals surface area contributed by atoms with Crippen molar-refractivity contribution in [3.63, 3.8) is 0 Å². The first-order chi connectivity index (χ1) is 15.3. The minimum atomic E-state index is 0.454. The van der Waals surface area contributed by atoms with Crippen LogP contribution in [0.25, 0.3) is 0 Å². The average molecular weight is 417 g/mol. The molecule has 2 heterocycles. The number of guanidine groups is 1. The Balaban J connectivity index is 1.23. The molecule has 1 aliphatic heterocycles. The van der Waals surface area contributed by atoms with E-state index in [2.05, 4.69) is 44.9 Å². The molecule has 31 heavy (non-hydrogen) atoms. The van der Waals surface area contributed by atoms with Crippen LogP contribution in [0.2, 0.25) is 0 Å². The summed E-state index contributed by atoms with van der Waals surface area (Å²) in [5.74, 6) is 2.64. The quantitative estimate of drug-likeness (QED) is 0.435. The van der Waals surface area contributed by atoms with Crippen LogP contribution >= 0.6 is 0 Å². The number of nitrogens with zero attached hydrogens (tertiary/aromatic N) is 2. The predicted molar refractivity (Wildman–Crippen MR) is 123 cm³/mol. The normalized spacial score (nSPS) is 12.7. The first-order valence-corrected chi connectivity index (χ1v) is 10.6. The Morgan fingerprint density at radius 2 is 2.03 bits per heavy atom. The highest BCUT2D eigenvalue weighted by molar-refractivity contribution is 5.79. The lowest BCUT2D eigenvalue weighted by Gasteiger charge is -2.13. The van der Waals surface area contributed by atoms with Crippen LogP contribution in [-0.4, -0.2) is 31.1 Å². The van der Waals surface area contributed by atoms with E-state index in [9.17, 15) is 0 Å². The molecule has 2 N–H and O–H groups in total. The molecule has 0 aliphatic carbocycles. The predicted octanol–water partition coefficient (Wildman–Crippen LogP) is 3.50. The van der Waals surface area contributed by atoms with E-state index in [1.165, 1.54) is 11.1 Å². The summed E-state index contributed by atoms with van der Waals surface area (Å²) in [6.45, 7) is 2.72. The SMILES string of the molecule is CN=C(NCCc1ccc2c(c1)CCO2)NCc1cccc(OCc2ccccn2)c1. The summed E-state index contributed by atoms with van der Waals surface area (Å²) < 4.78 is 11.4. The van der Waals surface area contributed by atoms with Crippen molar-refractivity contribution in [2.75, 3.05) is 20.2 Å². The van der Waals surface area contributed by atoms with Crippen LogP contribution in [0.1, 0.15) is 22.4 Å². The Hall–Kier alpha value is -3.54. The Morgan fingerprint density at radius 1 is 1.06 bits per heavy atom. The lowest BCUT2D eigenvalue weighted by Crippen LogP contribution is -2.37. The number of fused-ring (bicyclic) bond motifs is 1. The van der Waals surface area contributed by atoms with Crippen LogP contribution in [0.3, 0.4) is 0 Å². The van der Waals surface area contributed by atoms with Crippen LogP contribution < -0.4 is 20.1 Å². The van der Waals surface area contributed by atoms with Gasteiger partial charge in [-0.25, -0.2) is 0 Å². The molecular weight excluding hydrogens is 388 g/mol. The zero-order valence-electron chi connectivity index (χ0n) is 17.8. The molecule has 0 fully saturated rings. The average Bonchev–Trinajstić information content (AvgIpc) is 3.29. The lowest BCUT2D eigenvalue weighted by molar-refractivity contribution is 0.301. The van der Waals surface area contributed by atoms with Gasteiger partial charge in [-0.1, -0.05) is 30.3 Å². The van der Waals surface area contributed by atoms with E-state index in [1.54, 1.807) is 13.2 Å². The Bertz CT molecular complexity index is 1020. The zero-order valence-corrected chi connectivity index (χ0v) is 17.8. The summed E-state index contributed by atoms with van der Waals surface area (Å²) in [5.41, 5.74) is 4.65. The van der Waals surface area contributed by atoms with E-state index < -0.39 is 0 Å². The molecule has 0 spiro atoms. The maximum atomic E-state index is 5.87. The molecule has 0 atom stereocenters. The van der Waals surface area contributed by atoms with Gasteiger partial charge in [-0.05, 0) is 53.4 Å². The van der Waals surface area contributed by atoms with Gasteiger partial charge in [0, 0.05) is 32.8 Å². The first kappa shape index (κ1) is 20.7. The third kappa shape index (κ3) is 5.98.